The standard InChI is InChI=1S/C37H38Cl2N3O5Si/c1-6-46-36(45)30-19-17-25(22-40-30)18-20-31(43)41-23-32(44)42(5)35-26(21-29(38)33(34(35)39)37(2,3)4)24-47-48(27-13-9-7-10-14-27)28-15-11-8-12-16-28/h7-22H,6,23-24H2,1-5H3,(H,41,43). The predicted molar refractivity (Wildman–Crippen MR) is 194 cm³/mol. The summed E-state index contributed by atoms with van der Waals surface area (Å²) in [5.74, 6) is -1.39. The fourth-order valence-corrected chi connectivity index (χ4v) is 8.10. The molecule has 0 saturated heterocycles. The number of likely N-dealkylation sites (N-methyl/N-ethyl adjacent to an activating group) is 1. The molecule has 11 heteroatoms. The zero-order valence-electron chi connectivity index (χ0n) is 27.6. The van der Waals surface area contributed by atoms with Gasteiger partial charge in [-0.25, -0.2) is 9.78 Å². The van der Waals surface area contributed by atoms with Crippen LogP contribution in [0, 0.1) is 0 Å². The first kappa shape index (κ1) is 36.6. The Labute approximate surface area is 293 Å². The van der Waals surface area contributed by atoms with Crippen molar-refractivity contribution in [1.29, 1.82) is 0 Å². The highest BCUT2D eigenvalue weighted by atomic mass is 35.5. The van der Waals surface area contributed by atoms with E-state index in [9.17, 15) is 14.4 Å². The topological polar surface area (TPSA) is 97.8 Å². The highest BCUT2D eigenvalue weighted by Gasteiger charge is 2.29. The number of halogens is 2. The largest absolute Gasteiger partial charge is 0.461 e. The molecular weight excluding hydrogens is 665 g/mol. The molecule has 0 unspecified atom stereocenters. The fourth-order valence-electron chi connectivity index (χ4n) is 4.95. The van der Waals surface area contributed by atoms with E-state index in [1.165, 1.54) is 29.3 Å². The van der Waals surface area contributed by atoms with Crippen molar-refractivity contribution in [2.24, 2.45) is 0 Å². The molecule has 0 fully saturated rings. The first-order valence-electron chi connectivity index (χ1n) is 15.4. The van der Waals surface area contributed by atoms with Gasteiger partial charge in [0.15, 0.2) is 0 Å². The number of carbonyl (C=O) groups is 3. The summed E-state index contributed by atoms with van der Waals surface area (Å²) in [5, 5.41) is 5.61. The molecule has 48 heavy (non-hydrogen) atoms. The fraction of sp³-hybridized carbons (Fsp3) is 0.243. The average molecular weight is 704 g/mol. The maximum absolute atomic E-state index is 13.5. The zero-order chi connectivity index (χ0) is 34.8. The molecule has 0 spiro atoms. The van der Waals surface area contributed by atoms with Gasteiger partial charge in [0.2, 0.25) is 11.8 Å². The Hall–Kier alpha value is -4.28. The quantitative estimate of drug-likeness (QED) is 0.111. The maximum atomic E-state index is 13.5. The number of carbonyl (C=O) groups excluding carboxylic acids is 3. The van der Waals surface area contributed by atoms with E-state index in [4.69, 9.17) is 32.4 Å². The second-order valence-electron chi connectivity index (χ2n) is 11.9. The molecule has 0 aliphatic heterocycles. The molecule has 0 aliphatic carbocycles. The number of anilines is 1. The summed E-state index contributed by atoms with van der Waals surface area (Å²) < 4.78 is 11.6. The van der Waals surface area contributed by atoms with Gasteiger partial charge in [-0.3, -0.25) is 9.59 Å². The molecule has 1 radical (unpaired) electrons. The van der Waals surface area contributed by atoms with Crippen LogP contribution in [0.3, 0.4) is 0 Å². The van der Waals surface area contributed by atoms with Crippen LogP contribution in [0.2, 0.25) is 10.0 Å². The lowest BCUT2D eigenvalue weighted by Crippen LogP contribution is -2.45. The molecular formula is C37H38Cl2N3O5Si. The van der Waals surface area contributed by atoms with Gasteiger partial charge in [-0.15, -0.1) is 0 Å². The summed E-state index contributed by atoms with van der Waals surface area (Å²) in [6.07, 6.45) is 4.28. The van der Waals surface area contributed by atoms with Crippen molar-refractivity contribution in [3.8, 4) is 0 Å². The number of nitrogens with zero attached hydrogens (tertiary/aromatic N) is 2. The van der Waals surface area contributed by atoms with E-state index in [2.05, 4.69) is 10.3 Å². The van der Waals surface area contributed by atoms with Crippen molar-refractivity contribution < 1.29 is 23.5 Å². The zero-order valence-corrected chi connectivity index (χ0v) is 30.1. The van der Waals surface area contributed by atoms with Crippen molar-refractivity contribution in [1.82, 2.24) is 10.3 Å². The van der Waals surface area contributed by atoms with Gasteiger partial charge in [-0.1, -0.05) is 111 Å². The minimum atomic E-state index is -1.66. The van der Waals surface area contributed by atoms with Crippen LogP contribution in [0.1, 0.15) is 54.9 Å². The van der Waals surface area contributed by atoms with Crippen molar-refractivity contribution in [2.75, 3.05) is 25.1 Å². The molecule has 1 heterocycles. The number of ether oxygens (including phenoxy) is 1. The highest BCUT2D eigenvalue weighted by molar-refractivity contribution is 6.80. The minimum absolute atomic E-state index is 0.146. The minimum Gasteiger partial charge on any atom is -0.461 e. The number of nitrogens with one attached hydrogen (secondary N) is 1. The number of hydrogen-bond acceptors (Lipinski definition) is 6. The smallest absolute Gasteiger partial charge is 0.356 e. The Balaban J connectivity index is 1.54. The van der Waals surface area contributed by atoms with Crippen LogP contribution in [0.15, 0.2) is 91.1 Å². The van der Waals surface area contributed by atoms with E-state index in [1.807, 2.05) is 87.5 Å². The van der Waals surface area contributed by atoms with E-state index < -0.39 is 26.3 Å². The third kappa shape index (κ3) is 9.41. The van der Waals surface area contributed by atoms with Gasteiger partial charge in [0, 0.05) is 29.9 Å². The molecule has 249 valence electrons. The molecule has 0 bridgehead atoms. The Morgan fingerprint density at radius 1 is 0.958 bits per heavy atom. The van der Waals surface area contributed by atoms with Gasteiger partial charge >= 0.3 is 5.97 Å². The Bertz CT molecular complexity index is 1720. The van der Waals surface area contributed by atoms with Crippen molar-refractivity contribution in [3.63, 3.8) is 0 Å². The van der Waals surface area contributed by atoms with Crippen LogP contribution in [-0.4, -0.2) is 52.0 Å². The van der Waals surface area contributed by atoms with Gasteiger partial charge < -0.3 is 19.4 Å². The summed E-state index contributed by atoms with van der Waals surface area (Å²) in [4.78, 5) is 43.5. The maximum Gasteiger partial charge on any atom is 0.356 e. The molecule has 0 aliphatic rings. The molecule has 1 N–H and O–H groups in total. The number of pyridine rings is 1. The van der Waals surface area contributed by atoms with Crippen LogP contribution >= 0.6 is 23.2 Å². The summed E-state index contributed by atoms with van der Waals surface area (Å²) in [7, 11) is -0.0460. The van der Waals surface area contributed by atoms with Gasteiger partial charge in [0.25, 0.3) is 9.04 Å². The third-order valence-electron chi connectivity index (χ3n) is 7.29. The summed E-state index contributed by atoms with van der Waals surface area (Å²) in [6, 6.07) is 25.0. The number of hydrogen-bond donors (Lipinski definition) is 1. The van der Waals surface area contributed by atoms with Gasteiger partial charge in [-0.05, 0) is 52.0 Å². The lowest BCUT2D eigenvalue weighted by Gasteiger charge is -2.29. The van der Waals surface area contributed by atoms with E-state index in [1.54, 1.807) is 20.0 Å². The number of rotatable bonds is 12. The molecule has 0 atom stereocenters. The summed E-state index contributed by atoms with van der Waals surface area (Å²) >= 11 is 13.9. The van der Waals surface area contributed by atoms with Crippen LogP contribution in [0.25, 0.3) is 6.08 Å². The Morgan fingerprint density at radius 2 is 1.58 bits per heavy atom. The summed E-state index contributed by atoms with van der Waals surface area (Å²) in [6.45, 7) is 7.82. The highest BCUT2D eigenvalue weighted by Crippen LogP contribution is 2.43. The van der Waals surface area contributed by atoms with Crippen molar-refractivity contribution in [2.45, 2.75) is 39.7 Å². The van der Waals surface area contributed by atoms with Crippen LogP contribution in [0.5, 0.6) is 0 Å². The van der Waals surface area contributed by atoms with Crippen LogP contribution in [0.4, 0.5) is 5.69 Å². The van der Waals surface area contributed by atoms with Crippen LogP contribution < -0.4 is 20.6 Å². The molecule has 8 nitrogen and oxygen atoms in total. The second kappa shape index (κ2) is 16.7. The second-order valence-corrected chi connectivity index (χ2v) is 14.7. The SMILES string of the molecule is CCOC(=O)c1ccc(C=CC(=O)NCC(=O)N(C)c2c(CO[Si](c3ccccc3)c3ccccc3)cc(Cl)c(C(C)(C)C)c2Cl)cn1. The number of benzene rings is 3. The summed E-state index contributed by atoms with van der Waals surface area (Å²) in [5.41, 5.74) is 2.17. The molecule has 4 rings (SSSR count). The van der Waals surface area contributed by atoms with E-state index in [-0.39, 0.29) is 31.4 Å². The van der Waals surface area contributed by atoms with E-state index in [0.717, 1.165) is 10.4 Å². The monoisotopic (exact) mass is 702 g/mol. The Kier molecular flexibility index (Phi) is 12.7. The number of esters is 1. The van der Waals surface area contributed by atoms with Gasteiger partial charge in [0.05, 0.1) is 30.5 Å². The molecule has 1 aromatic heterocycles. The lowest BCUT2D eigenvalue weighted by atomic mass is 9.85. The molecule has 4 aromatic rings. The number of amides is 2. The van der Waals surface area contributed by atoms with Gasteiger partial charge in [-0.2, -0.15) is 0 Å². The molecule has 0 saturated carbocycles. The van der Waals surface area contributed by atoms with E-state index >= 15 is 0 Å². The molecule has 3 aromatic carbocycles. The van der Waals surface area contributed by atoms with Crippen LogP contribution in [-0.2, 0) is 30.8 Å². The first-order chi connectivity index (χ1) is 22.9. The number of aromatic nitrogens is 1. The third-order valence-corrected chi connectivity index (χ3v) is 10.1. The predicted octanol–water partition coefficient (Wildman–Crippen LogP) is 5.98. The van der Waals surface area contributed by atoms with E-state index in [0.29, 0.717) is 32.4 Å². The van der Waals surface area contributed by atoms with Crippen molar-refractivity contribution >= 4 is 72.2 Å². The lowest BCUT2D eigenvalue weighted by molar-refractivity contribution is -0.122. The molecule has 2 amide bonds. The Morgan fingerprint density at radius 3 is 2.12 bits per heavy atom. The normalized spacial score (nSPS) is 11.5. The van der Waals surface area contributed by atoms with Crippen molar-refractivity contribution in [3.05, 3.63) is 124 Å². The first-order valence-corrected chi connectivity index (χ1v) is 17.5. The average Bonchev–Trinajstić information content (AvgIpc) is 3.06. The van der Waals surface area contributed by atoms with Gasteiger partial charge in [0.1, 0.15) is 5.69 Å².